The van der Waals surface area contributed by atoms with E-state index >= 15 is 0 Å². The monoisotopic (exact) mass is 490 g/mol. The van der Waals surface area contributed by atoms with E-state index in [2.05, 4.69) is 27.2 Å². The Bertz CT molecular complexity index is 923. The number of thiazole rings is 1. The van der Waals surface area contributed by atoms with Gasteiger partial charge in [0.15, 0.2) is 0 Å². The molecule has 1 heterocycles. The van der Waals surface area contributed by atoms with Gasteiger partial charge in [-0.15, -0.1) is 11.3 Å². The zero-order chi connectivity index (χ0) is 25.1. The first-order chi connectivity index (χ1) is 16.2. The molecular weight excluding hydrogens is 452 g/mol. The molecule has 1 aromatic carbocycles. The summed E-state index contributed by atoms with van der Waals surface area (Å²) in [5.74, 6) is 0.622. The van der Waals surface area contributed by atoms with Crippen molar-refractivity contribution in [3.05, 3.63) is 35.0 Å². The van der Waals surface area contributed by atoms with Crippen LogP contribution in [0.3, 0.4) is 0 Å². The average Bonchev–Trinajstić information content (AvgIpc) is 3.24. The minimum Gasteiger partial charge on any atom is -0.447 e. The van der Waals surface area contributed by atoms with Crippen LogP contribution in [-0.2, 0) is 16.0 Å². The van der Waals surface area contributed by atoms with Gasteiger partial charge in [-0.05, 0) is 70.8 Å². The number of anilines is 1. The number of nitrogens with zero attached hydrogens (tertiary/aromatic N) is 1. The zero-order valence-electron chi connectivity index (χ0n) is 20.8. The lowest BCUT2D eigenvalue weighted by Gasteiger charge is -2.18. The first kappa shape index (κ1) is 27.6. The van der Waals surface area contributed by atoms with Gasteiger partial charge in [-0.2, -0.15) is 0 Å². The Balaban J connectivity index is 0.000000509. The van der Waals surface area contributed by atoms with E-state index < -0.39 is 12.2 Å². The zero-order valence-corrected chi connectivity index (χ0v) is 21.7. The Morgan fingerprint density at radius 2 is 1.79 bits per heavy atom. The lowest BCUT2D eigenvalue weighted by Crippen LogP contribution is -2.18. The van der Waals surface area contributed by atoms with Crippen LogP contribution in [0.5, 0.6) is 0 Å². The molecule has 0 aliphatic heterocycles. The molecule has 9 heteroatoms. The van der Waals surface area contributed by atoms with Gasteiger partial charge in [0.05, 0.1) is 22.1 Å². The molecular formula is C25H38N4O4S. The van der Waals surface area contributed by atoms with E-state index in [0.29, 0.717) is 5.92 Å². The first-order valence-electron chi connectivity index (χ1n) is 11.9. The Morgan fingerprint density at radius 3 is 2.35 bits per heavy atom. The molecule has 1 fully saturated rings. The molecule has 4 N–H and O–H groups in total. The first-order valence-corrected chi connectivity index (χ1v) is 12.7. The number of nitrogens with one attached hydrogen (secondary N) is 2. The molecule has 3 rings (SSSR count). The summed E-state index contributed by atoms with van der Waals surface area (Å²) < 4.78 is 9.55. The highest BCUT2D eigenvalue weighted by Crippen LogP contribution is 2.38. The third-order valence-corrected chi connectivity index (χ3v) is 6.35. The summed E-state index contributed by atoms with van der Waals surface area (Å²) in [6.07, 6.45) is 7.13. The lowest BCUT2D eigenvalue weighted by molar-refractivity contribution is 0.125. The summed E-state index contributed by atoms with van der Waals surface area (Å²) in [7, 11) is 1.93. The van der Waals surface area contributed by atoms with E-state index in [1.807, 2.05) is 50.6 Å². The molecule has 8 nitrogen and oxygen atoms in total. The molecule has 0 saturated heterocycles. The van der Waals surface area contributed by atoms with Gasteiger partial charge in [0.25, 0.3) is 0 Å². The summed E-state index contributed by atoms with van der Waals surface area (Å²) in [5.41, 5.74) is 7.69. The quantitative estimate of drug-likeness (QED) is 0.437. The summed E-state index contributed by atoms with van der Waals surface area (Å²) in [6, 6.07) is 6.00. The van der Waals surface area contributed by atoms with Crippen molar-refractivity contribution in [1.82, 2.24) is 10.3 Å². The molecule has 0 unspecified atom stereocenters. The molecule has 1 aliphatic carbocycles. The number of carbonyl (C=O) groups excluding carboxylic acids is 2. The normalized spacial score (nSPS) is 13.9. The third kappa shape index (κ3) is 9.30. The fourth-order valence-electron chi connectivity index (χ4n) is 3.79. The van der Waals surface area contributed by atoms with Crippen LogP contribution in [0.2, 0.25) is 0 Å². The molecule has 0 bridgehead atoms. The van der Waals surface area contributed by atoms with Crippen LogP contribution in [0.4, 0.5) is 15.3 Å². The SMILES string of the molecule is CC(C)OC(N)=O.CNCc1cc(NC(=O)OC(C)C)ccc1-c1cnc(C2CCCCC2)s1. The maximum absolute atomic E-state index is 11.9. The highest BCUT2D eigenvalue weighted by Gasteiger charge is 2.20. The van der Waals surface area contributed by atoms with Gasteiger partial charge in [0.1, 0.15) is 0 Å². The number of ether oxygens (including phenoxy) is 2. The van der Waals surface area contributed by atoms with Crippen molar-refractivity contribution in [2.24, 2.45) is 5.73 Å². The predicted octanol–water partition coefficient (Wildman–Crippen LogP) is 6.02. The van der Waals surface area contributed by atoms with Crippen molar-refractivity contribution in [3.8, 4) is 10.4 Å². The molecule has 2 amide bonds. The Morgan fingerprint density at radius 1 is 1.12 bits per heavy atom. The third-order valence-electron chi connectivity index (χ3n) is 5.16. The number of carbonyl (C=O) groups is 2. The van der Waals surface area contributed by atoms with Gasteiger partial charge in [0, 0.05) is 24.3 Å². The second kappa shape index (κ2) is 13.9. The molecule has 0 radical (unpaired) electrons. The summed E-state index contributed by atoms with van der Waals surface area (Å²) in [4.78, 5) is 27.6. The number of hydrogen-bond acceptors (Lipinski definition) is 7. The fourth-order valence-corrected chi connectivity index (χ4v) is 4.94. The minimum absolute atomic E-state index is 0.0995. The van der Waals surface area contributed by atoms with E-state index in [0.717, 1.165) is 17.8 Å². The predicted molar refractivity (Wildman–Crippen MR) is 137 cm³/mol. The highest BCUT2D eigenvalue weighted by atomic mass is 32.1. The number of hydrogen-bond donors (Lipinski definition) is 3. The van der Waals surface area contributed by atoms with E-state index in [-0.39, 0.29) is 12.2 Å². The molecule has 0 atom stereocenters. The van der Waals surface area contributed by atoms with Crippen LogP contribution in [0.1, 0.15) is 76.3 Å². The highest BCUT2D eigenvalue weighted by molar-refractivity contribution is 7.15. The Kier molecular flexibility index (Phi) is 11.3. The largest absolute Gasteiger partial charge is 0.447 e. The van der Waals surface area contributed by atoms with Gasteiger partial charge in [-0.25, -0.2) is 14.6 Å². The van der Waals surface area contributed by atoms with Gasteiger partial charge < -0.3 is 20.5 Å². The summed E-state index contributed by atoms with van der Waals surface area (Å²) >= 11 is 1.81. The molecule has 188 valence electrons. The molecule has 0 spiro atoms. The van der Waals surface area contributed by atoms with Crippen molar-refractivity contribution in [1.29, 1.82) is 0 Å². The van der Waals surface area contributed by atoms with Gasteiger partial charge >= 0.3 is 12.2 Å². The average molecular weight is 491 g/mol. The molecule has 1 aliphatic rings. The van der Waals surface area contributed by atoms with E-state index in [9.17, 15) is 9.59 Å². The maximum Gasteiger partial charge on any atom is 0.411 e. The second-order valence-electron chi connectivity index (χ2n) is 8.86. The van der Waals surface area contributed by atoms with Gasteiger partial charge in [-0.1, -0.05) is 25.3 Å². The minimum atomic E-state index is -0.713. The molecule has 34 heavy (non-hydrogen) atoms. The number of benzene rings is 1. The van der Waals surface area contributed by atoms with Crippen LogP contribution in [0.25, 0.3) is 10.4 Å². The van der Waals surface area contributed by atoms with Crippen molar-refractivity contribution >= 4 is 29.2 Å². The number of nitrogens with two attached hydrogens (primary N) is 1. The lowest BCUT2D eigenvalue weighted by atomic mass is 9.90. The molecule has 1 aromatic heterocycles. The number of aromatic nitrogens is 1. The van der Waals surface area contributed by atoms with E-state index in [1.54, 1.807) is 13.8 Å². The second-order valence-corrected chi connectivity index (χ2v) is 9.93. The van der Waals surface area contributed by atoms with Crippen LogP contribution >= 0.6 is 11.3 Å². The van der Waals surface area contributed by atoms with Crippen molar-refractivity contribution in [2.75, 3.05) is 12.4 Å². The number of rotatable bonds is 7. The maximum atomic E-state index is 11.9. The number of primary amides is 1. The molecule has 2 aromatic rings. The fraction of sp³-hybridized carbons (Fsp3) is 0.560. The summed E-state index contributed by atoms with van der Waals surface area (Å²) in [5, 5.41) is 7.29. The van der Waals surface area contributed by atoms with Crippen molar-refractivity contribution in [3.63, 3.8) is 0 Å². The number of amides is 2. The summed E-state index contributed by atoms with van der Waals surface area (Å²) in [6.45, 7) is 7.88. The van der Waals surface area contributed by atoms with E-state index in [1.165, 1.54) is 47.6 Å². The van der Waals surface area contributed by atoms with Crippen LogP contribution in [0.15, 0.2) is 24.4 Å². The molecule has 1 saturated carbocycles. The van der Waals surface area contributed by atoms with Gasteiger partial charge in [0.2, 0.25) is 0 Å². The van der Waals surface area contributed by atoms with Crippen molar-refractivity contribution in [2.45, 2.75) is 84.5 Å². The Hall–Kier alpha value is -2.65. The van der Waals surface area contributed by atoms with Crippen molar-refractivity contribution < 1.29 is 19.1 Å². The van der Waals surface area contributed by atoms with Crippen LogP contribution < -0.4 is 16.4 Å². The Labute approximate surface area is 206 Å². The van der Waals surface area contributed by atoms with E-state index in [4.69, 9.17) is 9.72 Å². The van der Waals surface area contributed by atoms with Crippen LogP contribution in [0, 0.1) is 0 Å². The topological polar surface area (TPSA) is 116 Å². The standard InChI is InChI=1S/C21H29N3O2S.C4H9NO2/c1-14(2)26-21(25)24-17-9-10-18(16(11-17)12-22-3)19-13-23-20(27-19)15-7-5-4-6-8-15;1-3(2)7-4(5)6/h9-11,13-15,22H,4-8,12H2,1-3H3,(H,24,25);3H,1-2H3,(H2,5,6). The van der Waals surface area contributed by atoms with Gasteiger partial charge in [-0.3, -0.25) is 5.32 Å². The smallest absolute Gasteiger partial charge is 0.411 e. The van der Waals surface area contributed by atoms with Crippen LogP contribution in [-0.4, -0.2) is 36.4 Å².